The molecule has 4 atom stereocenters. The lowest BCUT2D eigenvalue weighted by molar-refractivity contribution is 0.0820. The second-order valence-corrected chi connectivity index (χ2v) is 7.23. The zero-order chi connectivity index (χ0) is 12.9. The third-order valence-corrected chi connectivity index (χ3v) is 6.31. The molecule has 3 aliphatic rings. The first kappa shape index (κ1) is 12.0. The third kappa shape index (κ3) is 1.78. The lowest BCUT2D eigenvalue weighted by atomic mass is 9.60. The average molecular weight is 255 g/mol. The normalized spacial score (nSPS) is 41.0. The van der Waals surface area contributed by atoms with Crippen LogP contribution in [0.3, 0.4) is 0 Å². The molecule has 4 rings (SSSR count). The van der Waals surface area contributed by atoms with E-state index in [1.807, 2.05) is 0 Å². The molecule has 1 aliphatic heterocycles. The Morgan fingerprint density at radius 1 is 1.16 bits per heavy atom. The first-order valence-corrected chi connectivity index (χ1v) is 8.05. The SMILES string of the molecule is Cc1ccc(C2CNCCC23CC2CCC3C2)cc1. The highest BCUT2D eigenvalue weighted by atomic mass is 14.9. The zero-order valence-corrected chi connectivity index (χ0v) is 12.0. The summed E-state index contributed by atoms with van der Waals surface area (Å²) in [5.74, 6) is 2.83. The van der Waals surface area contributed by atoms with Crippen molar-refractivity contribution in [1.29, 1.82) is 0 Å². The molecule has 0 aromatic heterocycles. The number of hydrogen-bond acceptors (Lipinski definition) is 1. The van der Waals surface area contributed by atoms with Crippen LogP contribution in [0.15, 0.2) is 24.3 Å². The van der Waals surface area contributed by atoms with Crippen LogP contribution in [0.25, 0.3) is 0 Å². The van der Waals surface area contributed by atoms with Crippen LogP contribution in [0.2, 0.25) is 0 Å². The van der Waals surface area contributed by atoms with E-state index in [0.29, 0.717) is 5.41 Å². The number of nitrogens with one attached hydrogen (secondary N) is 1. The Balaban J connectivity index is 1.70. The van der Waals surface area contributed by atoms with E-state index in [0.717, 1.165) is 17.8 Å². The number of rotatable bonds is 1. The second kappa shape index (κ2) is 4.34. The standard InChI is InChI=1S/C18H25N/c1-13-2-5-15(6-3-13)17-12-19-9-8-18(17)11-14-4-7-16(18)10-14/h2-3,5-6,14,16-17,19H,4,7-12H2,1H3. The smallest absolute Gasteiger partial charge is 0.00256 e. The van der Waals surface area contributed by atoms with Gasteiger partial charge in [-0.3, -0.25) is 0 Å². The van der Waals surface area contributed by atoms with E-state index in [4.69, 9.17) is 0 Å². The molecular formula is C18H25N. The maximum atomic E-state index is 3.66. The van der Waals surface area contributed by atoms with Crippen molar-refractivity contribution in [2.75, 3.05) is 13.1 Å². The summed E-state index contributed by atoms with van der Waals surface area (Å²) in [7, 11) is 0. The van der Waals surface area contributed by atoms with Gasteiger partial charge in [0.15, 0.2) is 0 Å². The first-order valence-electron chi connectivity index (χ1n) is 8.05. The van der Waals surface area contributed by atoms with E-state index in [2.05, 4.69) is 36.5 Å². The molecule has 3 fully saturated rings. The molecule has 0 radical (unpaired) electrons. The van der Waals surface area contributed by atoms with Crippen LogP contribution in [-0.2, 0) is 0 Å². The molecule has 1 aromatic carbocycles. The van der Waals surface area contributed by atoms with E-state index >= 15 is 0 Å². The van der Waals surface area contributed by atoms with Gasteiger partial charge in [0.2, 0.25) is 0 Å². The third-order valence-electron chi connectivity index (χ3n) is 6.31. The van der Waals surface area contributed by atoms with Crippen molar-refractivity contribution in [3.8, 4) is 0 Å². The summed E-state index contributed by atoms with van der Waals surface area (Å²) in [5, 5.41) is 3.66. The largest absolute Gasteiger partial charge is 0.316 e. The predicted molar refractivity (Wildman–Crippen MR) is 79.3 cm³/mol. The fourth-order valence-corrected chi connectivity index (χ4v) is 5.41. The summed E-state index contributed by atoms with van der Waals surface area (Å²) in [6, 6.07) is 9.37. The fraction of sp³-hybridized carbons (Fsp3) is 0.667. The molecule has 102 valence electrons. The molecule has 2 bridgehead atoms. The van der Waals surface area contributed by atoms with E-state index < -0.39 is 0 Å². The van der Waals surface area contributed by atoms with Gasteiger partial charge in [-0.05, 0) is 62.0 Å². The minimum atomic E-state index is 0.642. The Morgan fingerprint density at radius 3 is 2.68 bits per heavy atom. The zero-order valence-electron chi connectivity index (χ0n) is 12.0. The van der Waals surface area contributed by atoms with E-state index in [1.165, 1.54) is 50.8 Å². The van der Waals surface area contributed by atoms with Crippen LogP contribution in [0.5, 0.6) is 0 Å². The quantitative estimate of drug-likeness (QED) is 0.803. The van der Waals surface area contributed by atoms with Gasteiger partial charge in [-0.25, -0.2) is 0 Å². The van der Waals surface area contributed by atoms with Crippen molar-refractivity contribution in [1.82, 2.24) is 5.32 Å². The minimum absolute atomic E-state index is 0.642. The van der Waals surface area contributed by atoms with E-state index in [1.54, 1.807) is 5.56 Å². The molecule has 1 saturated heterocycles. The van der Waals surface area contributed by atoms with Crippen molar-refractivity contribution in [2.45, 2.75) is 44.9 Å². The van der Waals surface area contributed by atoms with Crippen molar-refractivity contribution in [2.24, 2.45) is 17.3 Å². The molecule has 1 aromatic rings. The highest BCUT2D eigenvalue weighted by Gasteiger charge is 2.55. The minimum Gasteiger partial charge on any atom is -0.316 e. The summed E-state index contributed by atoms with van der Waals surface area (Å²) in [6.45, 7) is 4.63. The van der Waals surface area contributed by atoms with Crippen molar-refractivity contribution in [3.05, 3.63) is 35.4 Å². The van der Waals surface area contributed by atoms with Gasteiger partial charge in [0, 0.05) is 12.5 Å². The summed E-state index contributed by atoms with van der Waals surface area (Å²) in [6.07, 6.45) is 7.47. The van der Waals surface area contributed by atoms with Crippen molar-refractivity contribution in [3.63, 3.8) is 0 Å². The van der Waals surface area contributed by atoms with Gasteiger partial charge < -0.3 is 5.32 Å². The highest BCUT2D eigenvalue weighted by molar-refractivity contribution is 5.29. The van der Waals surface area contributed by atoms with Crippen LogP contribution >= 0.6 is 0 Å². The lowest BCUT2D eigenvalue weighted by Gasteiger charge is -2.48. The van der Waals surface area contributed by atoms with Gasteiger partial charge in [0.1, 0.15) is 0 Å². The predicted octanol–water partition coefficient (Wildman–Crippen LogP) is 3.88. The van der Waals surface area contributed by atoms with Crippen LogP contribution < -0.4 is 5.32 Å². The molecular weight excluding hydrogens is 230 g/mol. The maximum absolute atomic E-state index is 3.66. The highest BCUT2D eigenvalue weighted by Crippen LogP contribution is 2.63. The lowest BCUT2D eigenvalue weighted by Crippen LogP contribution is -2.46. The molecule has 0 amide bonds. The van der Waals surface area contributed by atoms with Gasteiger partial charge in [0.25, 0.3) is 0 Å². The fourth-order valence-electron chi connectivity index (χ4n) is 5.41. The Kier molecular flexibility index (Phi) is 2.73. The monoisotopic (exact) mass is 255 g/mol. The molecule has 1 nitrogen and oxygen atoms in total. The molecule has 1 heteroatoms. The molecule has 4 unspecified atom stereocenters. The summed E-state index contributed by atoms with van der Waals surface area (Å²) in [5.41, 5.74) is 3.61. The Labute approximate surface area is 116 Å². The molecule has 2 saturated carbocycles. The van der Waals surface area contributed by atoms with Crippen molar-refractivity contribution < 1.29 is 0 Å². The molecule has 1 spiro atoms. The second-order valence-electron chi connectivity index (χ2n) is 7.23. The van der Waals surface area contributed by atoms with Crippen LogP contribution in [0, 0.1) is 24.2 Å². The number of fused-ring (bicyclic) bond motifs is 3. The van der Waals surface area contributed by atoms with Gasteiger partial charge in [-0.15, -0.1) is 0 Å². The average Bonchev–Trinajstić information content (AvgIpc) is 3.01. The van der Waals surface area contributed by atoms with E-state index in [9.17, 15) is 0 Å². The van der Waals surface area contributed by atoms with Crippen LogP contribution in [-0.4, -0.2) is 13.1 Å². The summed E-state index contributed by atoms with van der Waals surface area (Å²) in [4.78, 5) is 0. The Morgan fingerprint density at radius 2 is 2.00 bits per heavy atom. The number of aryl methyl sites for hydroxylation is 1. The number of piperidine rings is 1. The first-order chi connectivity index (χ1) is 9.28. The molecule has 2 aliphatic carbocycles. The Bertz CT molecular complexity index is 463. The number of hydrogen-bond donors (Lipinski definition) is 1. The summed E-state index contributed by atoms with van der Waals surface area (Å²) >= 11 is 0. The molecule has 1 N–H and O–H groups in total. The van der Waals surface area contributed by atoms with E-state index in [-0.39, 0.29) is 0 Å². The topological polar surface area (TPSA) is 12.0 Å². The Hall–Kier alpha value is -0.820. The maximum Gasteiger partial charge on any atom is 0.00256 e. The number of benzene rings is 1. The van der Waals surface area contributed by atoms with Crippen LogP contribution in [0.1, 0.15) is 49.1 Å². The van der Waals surface area contributed by atoms with Gasteiger partial charge in [-0.2, -0.15) is 0 Å². The molecule has 1 heterocycles. The van der Waals surface area contributed by atoms with Gasteiger partial charge in [0.05, 0.1) is 0 Å². The summed E-state index contributed by atoms with van der Waals surface area (Å²) < 4.78 is 0. The van der Waals surface area contributed by atoms with Crippen molar-refractivity contribution >= 4 is 0 Å². The van der Waals surface area contributed by atoms with Gasteiger partial charge in [-0.1, -0.05) is 36.2 Å². The van der Waals surface area contributed by atoms with Gasteiger partial charge >= 0.3 is 0 Å². The van der Waals surface area contributed by atoms with Crippen LogP contribution in [0.4, 0.5) is 0 Å². The molecule has 19 heavy (non-hydrogen) atoms.